The Balaban J connectivity index is 1.28. The molecule has 1 aromatic heterocycles. The fraction of sp³-hybridized carbons (Fsp3) is 0.227. The minimum absolute atomic E-state index is 0.122. The molecule has 31 heavy (non-hydrogen) atoms. The van der Waals surface area contributed by atoms with Crippen LogP contribution in [-0.4, -0.2) is 39.3 Å². The van der Waals surface area contributed by atoms with Crippen LogP contribution in [0.2, 0.25) is 0 Å². The molecular formula is C22H19FN4O4. The van der Waals surface area contributed by atoms with Gasteiger partial charge in [-0.2, -0.15) is 4.98 Å². The first kappa shape index (κ1) is 20.4. The van der Waals surface area contributed by atoms with Gasteiger partial charge in [0.15, 0.2) is 0 Å². The molecule has 0 saturated carbocycles. The van der Waals surface area contributed by atoms with Crippen molar-refractivity contribution in [2.24, 2.45) is 0 Å². The zero-order valence-corrected chi connectivity index (χ0v) is 16.7. The molecule has 0 saturated heterocycles. The number of hydrogen-bond donors (Lipinski definition) is 1. The molecule has 0 fully saturated rings. The number of nitrogens with zero attached hydrogens (tertiary/aromatic N) is 3. The molecule has 3 amide bonds. The Bertz CT molecular complexity index is 1110. The third kappa shape index (κ3) is 4.20. The van der Waals surface area contributed by atoms with Gasteiger partial charge in [-0.1, -0.05) is 17.3 Å². The van der Waals surface area contributed by atoms with E-state index in [1.807, 2.05) is 0 Å². The Kier molecular flexibility index (Phi) is 5.57. The number of benzene rings is 2. The van der Waals surface area contributed by atoms with Gasteiger partial charge in [0.1, 0.15) is 11.9 Å². The highest BCUT2D eigenvalue weighted by Gasteiger charge is 2.34. The number of carbonyl (C=O) groups is 3. The van der Waals surface area contributed by atoms with Crippen LogP contribution >= 0.6 is 0 Å². The summed E-state index contributed by atoms with van der Waals surface area (Å²) in [7, 11) is 0. The van der Waals surface area contributed by atoms with Crippen LogP contribution in [0.3, 0.4) is 0 Å². The summed E-state index contributed by atoms with van der Waals surface area (Å²) in [5.41, 5.74) is 1.37. The molecule has 1 aliphatic rings. The normalized spacial score (nSPS) is 13.9. The number of aromatic nitrogens is 2. The summed E-state index contributed by atoms with van der Waals surface area (Å²) in [6, 6.07) is 11.8. The number of rotatable bonds is 7. The third-order valence-electron chi connectivity index (χ3n) is 4.96. The Hall–Kier alpha value is -3.88. The average Bonchev–Trinajstić information content (AvgIpc) is 3.34. The largest absolute Gasteiger partial charge is 0.345 e. The van der Waals surface area contributed by atoms with Crippen molar-refractivity contribution < 1.29 is 23.3 Å². The second kappa shape index (κ2) is 8.47. The van der Waals surface area contributed by atoms with E-state index in [9.17, 15) is 18.8 Å². The molecule has 1 N–H and O–H groups in total. The first-order valence-corrected chi connectivity index (χ1v) is 9.78. The van der Waals surface area contributed by atoms with Crippen LogP contribution in [0.15, 0.2) is 53.1 Å². The van der Waals surface area contributed by atoms with Crippen molar-refractivity contribution >= 4 is 17.7 Å². The van der Waals surface area contributed by atoms with Gasteiger partial charge in [-0.05, 0) is 49.7 Å². The fourth-order valence-electron chi connectivity index (χ4n) is 3.34. The van der Waals surface area contributed by atoms with Crippen LogP contribution in [0.25, 0.3) is 11.4 Å². The van der Waals surface area contributed by atoms with E-state index in [4.69, 9.17) is 4.52 Å². The molecular weight excluding hydrogens is 403 g/mol. The minimum Gasteiger partial charge on any atom is -0.345 e. The van der Waals surface area contributed by atoms with Crippen molar-refractivity contribution in [2.45, 2.75) is 25.8 Å². The first-order chi connectivity index (χ1) is 14.9. The van der Waals surface area contributed by atoms with Crippen molar-refractivity contribution in [1.82, 2.24) is 20.4 Å². The lowest BCUT2D eigenvalue weighted by Gasteiger charge is -2.14. The maximum absolute atomic E-state index is 13.0. The van der Waals surface area contributed by atoms with Crippen LogP contribution in [0, 0.1) is 5.82 Å². The standard InChI is InChI=1S/C22H19FN4O4/c1-13(20-25-19(26-31-20)14-8-10-15(23)11-9-14)24-18(28)7-4-12-27-21(29)16-5-2-3-6-17(16)22(27)30/h2-3,5-6,8-11,13H,4,7,12H2,1H3,(H,24,28). The molecule has 158 valence electrons. The summed E-state index contributed by atoms with van der Waals surface area (Å²) in [6.07, 6.45) is 0.450. The molecule has 2 aromatic carbocycles. The zero-order valence-electron chi connectivity index (χ0n) is 16.7. The molecule has 2 heterocycles. The number of halogens is 1. The monoisotopic (exact) mass is 422 g/mol. The van der Waals surface area contributed by atoms with Crippen LogP contribution in [0.4, 0.5) is 4.39 Å². The first-order valence-electron chi connectivity index (χ1n) is 9.78. The highest BCUT2D eigenvalue weighted by Crippen LogP contribution is 2.23. The van der Waals surface area contributed by atoms with Crippen LogP contribution < -0.4 is 5.32 Å². The van der Waals surface area contributed by atoms with Crippen molar-refractivity contribution in [2.75, 3.05) is 6.54 Å². The summed E-state index contributed by atoms with van der Waals surface area (Å²) in [5, 5.41) is 6.61. The quantitative estimate of drug-likeness (QED) is 0.587. The van der Waals surface area contributed by atoms with E-state index in [0.717, 1.165) is 4.90 Å². The highest BCUT2D eigenvalue weighted by molar-refractivity contribution is 6.21. The van der Waals surface area contributed by atoms with E-state index in [1.54, 1.807) is 31.2 Å². The van der Waals surface area contributed by atoms with Gasteiger partial charge >= 0.3 is 0 Å². The SMILES string of the molecule is CC(NC(=O)CCCN1C(=O)c2ccccc2C1=O)c1nc(-c2ccc(F)cc2)no1. The Morgan fingerprint density at radius 1 is 1.10 bits per heavy atom. The second-order valence-electron chi connectivity index (χ2n) is 7.16. The molecule has 1 atom stereocenters. The highest BCUT2D eigenvalue weighted by atomic mass is 19.1. The number of carbonyl (C=O) groups excluding carboxylic acids is 3. The average molecular weight is 422 g/mol. The summed E-state index contributed by atoms with van der Waals surface area (Å²) in [4.78, 5) is 42.3. The molecule has 1 aliphatic heterocycles. The van der Waals surface area contributed by atoms with E-state index in [2.05, 4.69) is 15.5 Å². The maximum atomic E-state index is 13.0. The minimum atomic E-state index is -0.534. The predicted molar refractivity (Wildman–Crippen MR) is 107 cm³/mol. The lowest BCUT2D eigenvalue weighted by atomic mass is 10.1. The number of nitrogens with one attached hydrogen (secondary N) is 1. The molecule has 0 spiro atoms. The second-order valence-corrected chi connectivity index (χ2v) is 7.16. The van der Waals surface area contributed by atoms with Gasteiger partial charge in [-0.15, -0.1) is 0 Å². The van der Waals surface area contributed by atoms with Crippen molar-refractivity contribution in [3.05, 3.63) is 71.4 Å². The van der Waals surface area contributed by atoms with Gasteiger partial charge in [-0.25, -0.2) is 4.39 Å². The smallest absolute Gasteiger partial charge is 0.261 e. The molecule has 1 unspecified atom stereocenters. The molecule has 0 aliphatic carbocycles. The van der Waals surface area contributed by atoms with Gasteiger partial charge < -0.3 is 9.84 Å². The van der Waals surface area contributed by atoms with Gasteiger partial charge in [0, 0.05) is 18.5 Å². The van der Waals surface area contributed by atoms with Gasteiger partial charge in [0.05, 0.1) is 11.1 Å². The van der Waals surface area contributed by atoms with E-state index in [0.29, 0.717) is 28.9 Å². The van der Waals surface area contributed by atoms with Crippen molar-refractivity contribution in [3.8, 4) is 11.4 Å². The van der Waals surface area contributed by atoms with Gasteiger partial charge in [0.25, 0.3) is 11.8 Å². The Labute approximate surface area is 177 Å². The van der Waals surface area contributed by atoms with Crippen molar-refractivity contribution in [1.29, 1.82) is 0 Å². The lowest BCUT2D eigenvalue weighted by molar-refractivity contribution is -0.122. The number of imide groups is 1. The zero-order chi connectivity index (χ0) is 22.0. The van der Waals surface area contributed by atoms with Gasteiger partial charge in [0.2, 0.25) is 17.6 Å². The Morgan fingerprint density at radius 3 is 2.39 bits per heavy atom. The van der Waals surface area contributed by atoms with E-state index in [-0.39, 0.29) is 42.4 Å². The van der Waals surface area contributed by atoms with Crippen LogP contribution in [-0.2, 0) is 4.79 Å². The number of fused-ring (bicyclic) bond motifs is 1. The summed E-state index contributed by atoms with van der Waals surface area (Å²) >= 11 is 0. The molecule has 4 rings (SSSR count). The predicted octanol–water partition coefficient (Wildman–Crippen LogP) is 3.13. The number of amides is 3. The summed E-state index contributed by atoms with van der Waals surface area (Å²) < 4.78 is 18.2. The molecule has 3 aromatic rings. The van der Waals surface area contributed by atoms with Gasteiger partial charge in [-0.3, -0.25) is 19.3 Å². The van der Waals surface area contributed by atoms with E-state index >= 15 is 0 Å². The van der Waals surface area contributed by atoms with Crippen LogP contribution in [0.5, 0.6) is 0 Å². The molecule has 8 nitrogen and oxygen atoms in total. The fourth-order valence-corrected chi connectivity index (χ4v) is 3.34. The summed E-state index contributed by atoms with van der Waals surface area (Å²) in [6.45, 7) is 1.85. The molecule has 9 heteroatoms. The molecule has 0 bridgehead atoms. The lowest BCUT2D eigenvalue weighted by Crippen LogP contribution is -2.32. The van der Waals surface area contributed by atoms with Crippen molar-refractivity contribution in [3.63, 3.8) is 0 Å². The van der Waals surface area contributed by atoms with E-state index < -0.39 is 6.04 Å². The maximum Gasteiger partial charge on any atom is 0.261 e. The third-order valence-corrected chi connectivity index (χ3v) is 4.96. The van der Waals surface area contributed by atoms with E-state index in [1.165, 1.54) is 24.3 Å². The molecule has 0 radical (unpaired) electrons. The summed E-state index contributed by atoms with van der Waals surface area (Å²) in [5.74, 6) is -0.809. The Morgan fingerprint density at radius 2 is 1.74 bits per heavy atom. The van der Waals surface area contributed by atoms with Crippen LogP contribution in [0.1, 0.15) is 52.4 Å². The topological polar surface area (TPSA) is 105 Å². The number of hydrogen-bond acceptors (Lipinski definition) is 6.